The van der Waals surface area contributed by atoms with Crippen LogP contribution < -0.4 is 4.74 Å². The van der Waals surface area contributed by atoms with Crippen LogP contribution in [-0.2, 0) is 33.0 Å². The van der Waals surface area contributed by atoms with E-state index in [9.17, 15) is 47.5 Å². The van der Waals surface area contributed by atoms with Gasteiger partial charge < -0.3 is 61.2 Å². The molecular formula is C116H108F5N11O13. The van der Waals surface area contributed by atoms with Crippen LogP contribution >= 0.6 is 0 Å². The van der Waals surface area contributed by atoms with Crippen molar-refractivity contribution in [2.24, 2.45) is 0 Å². The second-order valence-corrected chi connectivity index (χ2v) is 36.5. The van der Waals surface area contributed by atoms with Crippen molar-refractivity contribution in [1.29, 1.82) is 0 Å². The summed E-state index contributed by atoms with van der Waals surface area (Å²) >= 11 is 0. The van der Waals surface area contributed by atoms with Crippen molar-refractivity contribution >= 4 is 83.8 Å². The lowest BCUT2D eigenvalue weighted by Gasteiger charge is -2.10. The zero-order chi connectivity index (χ0) is 103. The third-order valence-corrected chi connectivity index (χ3v) is 24.1. The van der Waals surface area contributed by atoms with Crippen LogP contribution in [0.25, 0.3) is 163 Å². The van der Waals surface area contributed by atoms with Gasteiger partial charge in [-0.25, -0.2) is 61.7 Å². The molecule has 145 heavy (non-hydrogen) atoms. The summed E-state index contributed by atoms with van der Waals surface area (Å²) in [4.78, 5) is 46.2. The lowest BCUT2D eigenvalue weighted by molar-refractivity contribution is 0.282. The standard InChI is InChI=1S/C18H16N2O2.2C17H15F2NO2.C17H16FNO2.2C16H16N2O2.C15H14N2O/c1-11(2)12-7-8-13(10-21)14(9-12)18-20-17-15(19-3)5-4-6-16(17)22-18;1-9(2)10-3-4-11(8-21)13(5-10)17-20-16-14(19)6-12(18)7-15(16)22-17;1-9(2)10-3-4-11(8-21)13(5-10)17-20-15-7-12(18)6-14(19)16(15)22-17;1-10(2)11-6-7-12(9-20)13(8-11)17-19-16-14(18)4-3-5-15(16)21-17;1-10(2)11-7-12(9-13(8-11)19-3)16-18-15-14(20-16)5-4-6-17-15;1-10(2)11-5-6-12(9-19)13(8-11)16-18-15-14(20-16)4-3-7-17-15;1-10(2)11-5-3-6-12(9-11)15-17-14-13(18-15)7-4-8-16-14/h4-9,11,21H,10H2,1-2H3;2*3-7,9,21H,8H2,1-2H3;3-8,10,20H,9H2,1-2H3;4-10H,1-3H3;3-8,10,19H,9H2,1-2H3;3-10H,1-2H3. The van der Waals surface area contributed by atoms with Gasteiger partial charge in [0.2, 0.25) is 46.9 Å². The van der Waals surface area contributed by atoms with E-state index in [2.05, 4.69) is 142 Å². The minimum atomic E-state index is -0.792. The number of fused-ring (bicyclic) bond motifs is 7. The van der Waals surface area contributed by atoms with Gasteiger partial charge >= 0.3 is 0 Å². The Bertz CT molecular complexity index is 7950. The molecule has 21 rings (SSSR count). The van der Waals surface area contributed by atoms with Crippen molar-refractivity contribution < 1.29 is 83.1 Å². The Morgan fingerprint density at radius 2 is 0.628 bits per heavy atom. The summed E-state index contributed by atoms with van der Waals surface area (Å²) in [6.45, 7) is 36.0. The van der Waals surface area contributed by atoms with E-state index in [0.29, 0.717) is 143 Å². The van der Waals surface area contributed by atoms with Gasteiger partial charge in [0.25, 0.3) is 0 Å². The number of hydrogen-bond acceptors (Lipinski definition) is 23. The molecule has 5 N–H and O–H groups in total. The summed E-state index contributed by atoms with van der Waals surface area (Å²) in [5, 5.41) is 47.5. The highest BCUT2D eigenvalue weighted by Gasteiger charge is 2.25. The number of hydrogen-bond donors (Lipinski definition) is 5. The first-order valence-electron chi connectivity index (χ1n) is 47.3. The summed E-state index contributed by atoms with van der Waals surface area (Å²) in [6, 6.07) is 67.9. The molecule has 0 bridgehead atoms. The summed E-state index contributed by atoms with van der Waals surface area (Å²) < 4.78 is 113. The first-order chi connectivity index (χ1) is 69.8. The van der Waals surface area contributed by atoms with E-state index in [1.54, 1.807) is 68.2 Å². The number of benzene rings is 11. The van der Waals surface area contributed by atoms with Gasteiger partial charge in [-0.1, -0.05) is 188 Å². The lowest BCUT2D eigenvalue weighted by atomic mass is 9.97. The number of aromatic nitrogens is 10. The summed E-state index contributed by atoms with van der Waals surface area (Å²) in [5.74, 6) is 2.83. The predicted octanol–water partition coefficient (Wildman–Crippen LogP) is 29.2. The molecule has 29 heteroatoms. The van der Waals surface area contributed by atoms with Crippen LogP contribution in [0.4, 0.5) is 27.6 Å². The molecule has 24 nitrogen and oxygen atoms in total. The van der Waals surface area contributed by atoms with Gasteiger partial charge in [0.05, 0.1) is 46.7 Å². The SMILES string of the molecule is CC(C)c1ccc(CO)c(-c2nc3c(F)cc(F)cc3o2)c1.CC(C)c1ccc(CO)c(-c2nc3c(F)cccc3o2)c1.CC(C)c1ccc(CO)c(-c2nc3cc(F)cc(F)c3o2)c1.CC(C)c1ccc(CO)c(-c2nc3ncccc3o2)c1.CC(C)c1cccc(-c2nc3ncccc3o2)c1.COc1cc(-c2nc3ncccc3o2)cc(C(C)C)c1.[C-]#[N+]c1cccc2oc(-c3cc(C(C)C)ccc3CO)nc12. The van der Waals surface area contributed by atoms with Crippen molar-refractivity contribution in [2.45, 2.75) is 171 Å². The molecule has 0 amide bonds. The van der Waals surface area contributed by atoms with Crippen molar-refractivity contribution in [3.63, 3.8) is 0 Å². The molecule has 10 heterocycles. The Balaban J connectivity index is 0.000000127. The molecule has 0 aliphatic rings. The first kappa shape index (κ1) is 103. The normalized spacial score (nSPS) is 11.4. The molecule has 0 aliphatic heterocycles. The third kappa shape index (κ3) is 24.1. The number of para-hydroxylation sites is 2. The van der Waals surface area contributed by atoms with Crippen LogP contribution in [0.15, 0.2) is 280 Å². The Hall–Kier alpha value is -16.1. The number of aliphatic hydroxyl groups excluding tert-OH is 5. The number of aliphatic hydroxyl groups is 5. The van der Waals surface area contributed by atoms with Gasteiger partial charge in [0.1, 0.15) is 45.0 Å². The Morgan fingerprint density at radius 1 is 0.290 bits per heavy atom. The molecule has 10 aromatic heterocycles. The lowest BCUT2D eigenvalue weighted by Crippen LogP contribution is -1.94. The first-order valence-corrected chi connectivity index (χ1v) is 47.3. The van der Waals surface area contributed by atoms with Gasteiger partial charge in [0, 0.05) is 81.8 Å². The van der Waals surface area contributed by atoms with E-state index in [4.69, 9.17) is 42.2 Å². The molecule has 0 saturated heterocycles. The Kier molecular flexibility index (Phi) is 33.0. The van der Waals surface area contributed by atoms with Crippen molar-refractivity contribution in [3.8, 4) is 85.9 Å². The summed E-state index contributed by atoms with van der Waals surface area (Å²) in [5.41, 5.74) is 23.2. The van der Waals surface area contributed by atoms with Crippen LogP contribution in [0.1, 0.15) is 205 Å². The number of nitrogens with zero attached hydrogens (tertiary/aromatic N) is 11. The number of halogens is 5. The largest absolute Gasteiger partial charge is 0.497 e. The fourth-order valence-electron chi connectivity index (χ4n) is 15.7. The van der Waals surface area contributed by atoms with Crippen LogP contribution in [0.3, 0.4) is 0 Å². The fraction of sp³-hybridized carbons (Fsp3) is 0.233. The molecular weight excluding hydrogens is 1850 g/mol. The van der Waals surface area contributed by atoms with E-state index in [0.717, 1.165) is 91.2 Å². The molecule has 11 aromatic carbocycles. The number of rotatable bonds is 20. The predicted molar refractivity (Wildman–Crippen MR) is 550 cm³/mol. The van der Waals surface area contributed by atoms with Gasteiger partial charge in [-0.2, -0.15) is 15.0 Å². The molecule has 0 fully saturated rings. The molecule has 0 atom stereocenters. The maximum absolute atomic E-state index is 13.8. The molecule has 0 radical (unpaired) electrons. The Labute approximate surface area is 832 Å². The Morgan fingerprint density at radius 3 is 1.04 bits per heavy atom. The third-order valence-electron chi connectivity index (χ3n) is 24.1. The van der Waals surface area contributed by atoms with E-state index in [1.807, 2.05) is 167 Å². The fourth-order valence-corrected chi connectivity index (χ4v) is 15.7. The average molecular weight is 1960 g/mol. The molecule has 0 unspecified atom stereocenters. The molecule has 21 aromatic rings. The minimum Gasteiger partial charge on any atom is -0.497 e. The van der Waals surface area contributed by atoms with Crippen molar-refractivity contribution in [2.75, 3.05) is 7.11 Å². The van der Waals surface area contributed by atoms with Crippen LogP contribution in [-0.4, -0.2) is 82.5 Å². The summed E-state index contributed by atoms with van der Waals surface area (Å²) in [6.07, 6.45) is 5.12. The molecule has 0 aliphatic carbocycles. The van der Waals surface area contributed by atoms with E-state index in [-0.39, 0.29) is 84.4 Å². The van der Waals surface area contributed by atoms with Gasteiger partial charge in [-0.3, -0.25) is 0 Å². The zero-order valence-electron chi connectivity index (χ0n) is 82.6. The molecule has 0 saturated carbocycles. The van der Waals surface area contributed by atoms with Gasteiger partial charge in [0.15, 0.2) is 67.9 Å². The van der Waals surface area contributed by atoms with Gasteiger partial charge in [-0.15, -0.1) is 0 Å². The van der Waals surface area contributed by atoms with E-state index >= 15 is 0 Å². The number of oxazole rings is 7. The van der Waals surface area contributed by atoms with Crippen molar-refractivity contribution in [1.82, 2.24) is 49.8 Å². The molecule has 740 valence electrons. The molecule has 0 spiro atoms. The quantitative estimate of drug-likeness (QED) is 0.0349. The highest BCUT2D eigenvalue weighted by atomic mass is 19.1. The number of methoxy groups -OCH3 is 1. The average Bonchev–Trinajstić information content (AvgIpc) is 1.65. The summed E-state index contributed by atoms with van der Waals surface area (Å²) in [7, 11) is 1.66. The second-order valence-electron chi connectivity index (χ2n) is 36.5. The van der Waals surface area contributed by atoms with Crippen molar-refractivity contribution in [3.05, 3.63) is 356 Å². The topological polar surface area (TPSA) is 336 Å². The van der Waals surface area contributed by atoms with Gasteiger partial charge in [-0.05, 0) is 223 Å². The smallest absolute Gasteiger partial charge is 0.229 e. The highest BCUT2D eigenvalue weighted by Crippen LogP contribution is 2.41. The number of ether oxygens (including phenoxy) is 1. The number of pyridine rings is 3. The van der Waals surface area contributed by atoms with Crippen LogP contribution in [0.5, 0.6) is 5.75 Å². The highest BCUT2D eigenvalue weighted by molar-refractivity contribution is 5.90. The van der Waals surface area contributed by atoms with Crippen LogP contribution in [0, 0.1) is 35.7 Å². The van der Waals surface area contributed by atoms with Crippen LogP contribution in [0.2, 0.25) is 0 Å². The monoisotopic (exact) mass is 1960 g/mol. The maximum atomic E-state index is 13.8. The zero-order valence-corrected chi connectivity index (χ0v) is 82.6. The maximum Gasteiger partial charge on any atom is 0.229 e. The second kappa shape index (κ2) is 46.3. The minimum absolute atomic E-state index is 0.0183. The van der Waals surface area contributed by atoms with E-state index < -0.39 is 29.1 Å². The van der Waals surface area contributed by atoms with E-state index in [1.165, 1.54) is 22.8 Å².